The average molecular weight is 403 g/mol. The molecule has 2 atom stereocenters. The standard InChI is InChI=1S/C26H30N2O2/c1-19(20(2)15-22-16-25(29-3)18-26(17-22)30-4)14-21-10-12-24(13-11-21)28-27-23-8-6-5-7-9-23/h5-13,16-20H,14-15H2,1-4H3. The van der Waals surface area contributed by atoms with Crippen molar-refractivity contribution in [2.45, 2.75) is 26.7 Å². The van der Waals surface area contributed by atoms with Crippen LogP contribution in [0.25, 0.3) is 0 Å². The number of hydrogen-bond acceptors (Lipinski definition) is 4. The molecule has 4 nitrogen and oxygen atoms in total. The van der Waals surface area contributed by atoms with E-state index in [0.717, 1.165) is 35.7 Å². The van der Waals surface area contributed by atoms with Crippen LogP contribution in [0.5, 0.6) is 11.5 Å². The van der Waals surface area contributed by atoms with Gasteiger partial charge in [0, 0.05) is 6.07 Å². The quantitative estimate of drug-likeness (QED) is 0.356. The highest BCUT2D eigenvalue weighted by atomic mass is 16.5. The van der Waals surface area contributed by atoms with E-state index >= 15 is 0 Å². The molecule has 30 heavy (non-hydrogen) atoms. The summed E-state index contributed by atoms with van der Waals surface area (Å²) in [5.74, 6) is 2.74. The fourth-order valence-electron chi connectivity index (χ4n) is 3.44. The lowest BCUT2D eigenvalue weighted by Gasteiger charge is -2.21. The molecule has 2 unspecified atom stereocenters. The van der Waals surface area contributed by atoms with Gasteiger partial charge in [-0.25, -0.2) is 0 Å². The first-order valence-corrected chi connectivity index (χ1v) is 10.3. The van der Waals surface area contributed by atoms with Gasteiger partial charge in [0.2, 0.25) is 0 Å². The zero-order chi connectivity index (χ0) is 21.3. The first kappa shape index (κ1) is 21.6. The predicted molar refractivity (Wildman–Crippen MR) is 122 cm³/mol. The monoisotopic (exact) mass is 402 g/mol. The smallest absolute Gasteiger partial charge is 0.122 e. The van der Waals surface area contributed by atoms with Crippen LogP contribution in [0.15, 0.2) is 83.0 Å². The summed E-state index contributed by atoms with van der Waals surface area (Å²) < 4.78 is 10.8. The summed E-state index contributed by atoms with van der Waals surface area (Å²) in [4.78, 5) is 0. The van der Waals surface area contributed by atoms with Gasteiger partial charge in [0.15, 0.2) is 0 Å². The molecule has 0 aromatic heterocycles. The Morgan fingerprint density at radius 3 is 1.67 bits per heavy atom. The van der Waals surface area contributed by atoms with Crippen LogP contribution in [0.2, 0.25) is 0 Å². The van der Waals surface area contributed by atoms with E-state index < -0.39 is 0 Å². The Morgan fingerprint density at radius 1 is 0.633 bits per heavy atom. The third-order valence-electron chi connectivity index (χ3n) is 5.47. The van der Waals surface area contributed by atoms with Crippen molar-refractivity contribution in [3.05, 3.63) is 83.9 Å². The maximum absolute atomic E-state index is 5.40. The van der Waals surface area contributed by atoms with Crippen LogP contribution in [0.1, 0.15) is 25.0 Å². The zero-order valence-electron chi connectivity index (χ0n) is 18.2. The van der Waals surface area contributed by atoms with Crippen LogP contribution in [-0.4, -0.2) is 14.2 Å². The molecule has 3 rings (SSSR count). The zero-order valence-corrected chi connectivity index (χ0v) is 18.2. The Labute approximate surface area is 179 Å². The largest absolute Gasteiger partial charge is 0.497 e. The molecule has 0 aliphatic carbocycles. The van der Waals surface area contributed by atoms with E-state index in [9.17, 15) is 0 Å². The molecule has 4 heteroatoms. The maximum atomic E-state index is 5.40. The van der Waals surface area contributed by atoms with Gasteiger partial charge in [-0.15, -0.1) is 0 Å². The van der Waals surface area contributed by atoms with Crippen molar-refractivity contribution in [1.29, 1.82) is 0 Å². The van der Waals surface area contributed by atoms with Crippen LogP contribution in [0.4, 0.5) is 11.4 Å². The van der Waals surface area contributed by atoms with E-state index in [2.05, 4.69) is 48.3 Å². The molecule has 0 amide bonds. The number of ether oxygens (including phenoxy) is 2. The minimum Gasteiger partial charge on any atom is -0.497 e. The van der Waals surface area contributed by atoms with Gasteiger partial charge in [-0.2, -0.15) is 10.2 Å². The van der Waals surface area contributed by atoms with E-state index in [-0.39, 0.29) is 0 Å². The van der Waals surface area contributed by atoms with Crippen LogP contribution in [0.3, 0.4) is 0 Å². The van der Waals surface area contributed by atoms with Crippen molar-refractivity contribution >= 4 is 11.4 Å². The summed E-state index contributed by atoms with van der Waals surface area (Å²) in [6.07, 6.45) is 2.01. The average Bonchev–Trinajstić information content (AvgIpc) is 2.78. The van der Waals surface area contributed by atoms with Crippen molar-refractivity contribution in [2.75, 3.05) is 14.2 Å². The van der Waals surface area contributed by atoms with Crippen molar-refractivity contribution < 1.29 is 9.47 Å². The van der Waals surface area contributed by atoms with Gasteiger partial charge in [0.1, 0.15) is 11.5 Å². The molecular weight excluding hydrogens is 372 g/mol. The van der Waals surface area contributed by atoms with Crippen LogP contribution < -0.4 is 9.47 Å². The highest BCUT2D eigenvalue weighted by Gasteiger charge is 2.15. The summed E-state index contributed by atoms with van der Waals surface area (Å²) in [6.45, 7) is 4.62. The molecule has 0 aliphatic rings. The topological polar surface area (TPSA) is 43.2 Å². The minimum absolute atomic E-state index is 0.527. The number of benzene rings is 3. The number of nitrogens with zero attached hydrogens (tertiary/aromatic N) is 2. The molecular formula is C26H30N2O2. The Bertz CT molecular complexity index is 930. The van der Waals surface area contributed by atoms with E-state index in [4.69, 9.17) is 9.47 Å². The summed E-state index contributed by atoms with van der Waals surface area (Å²) in [5, 5.41) is 8.60. The molecule has 0 aliphatic heterocycles. The van der Waals surface area contributed by atoms with Crippen molar-refractivity contribution in [1.82, 2.24) is 0 Å². The van der Waals surface area contributed by atoms with Gasteiger partial charge < -0.3 is 9.47 Å². The molecule has 0 spiro atoms. The summed E-state index contributed by atoms with van der Waals surface area (Å²) in [5.41, 5.74) is 4.28. The second kappa shape index (κ2) is 10.6. The first-order chi connectivity index (χ1) is 14.6. The maximum Gasteiger partial charge on any atom is 0.122 e. The summed E-state index contributed by atoms with van der Waals surface area (Å²) >= 11 is 0. The van der Waals surface area contributed by atoms with Gasteiger partial charge in [0.05, 0.1) is 25.6 Å². The van der Waals surface area contributed by atoms with Crippen LogP contribution in [0, 0.1) is 11.8 Å². The van der Waals surface area contributed by atoms with Crippen molar-refractivity contribution in [3.63, 3.8) is 0 Å². The normalized spacial score (nSPS) is 13.2. The first-order valence-electron chi connectivity index (χ1n) is 10.3. The SMILES string of the molecule is COc1cc(CC(C)C(C)Cc2ccc(N=Nc3ccccc3)cc2)cc(OC)c1. The number of azo groups is 1. The summed E-state index contributed by atoms with van der Waals surface area (Å²) in [7, 11) is 3.38. The molecule has 3 aromatic carbocycles. The number of methoxy groups -OCH3 is 2. The molecule has 0 saturated carbocycles. The minimum atomic E-state index is 0.527. The lowest BCUT2D eigenvalue weighted by Crippen LogP contribution is -2.13. The van der Waals surface area contributed by atoms with Gasteiger partial charge in [-0.3, -0.25) is 0 Å². The van der Waals surface area contributed by atoms with E-state index in [0.29, 0.717) is 11.8 Å². The Hall–Kier alpha value is -3.14. The molecule has 0 heterocycles. The van der Waals surface area contributed by atoms with Crippen molar-refractivity contribution in [3.8, 4) is 11.5 Å². The number of hydrogen-bond donors (Lipinski definition) is 0. The third-order valence-corrected chi connectivity index (χ3v) is 5.47. The highest BCUT2D eigenvalue weighted by Crippen LogP contribution is 2.28. The van der Waals surface area contributed by atoms with Gasteiger partial charge >= 0.3 is 0 Å². The third kappa shape index (κ3) is 6.18. The van der Waals surface area contributed by atoms with E-state index in [1.165, 1.54) is 11.1 Å². The molecule has 0 fully saturated rings. The van der Waals surface area contributed by atoms with Gasteiger partial charge in [-0.1, -0.05) is 44.2 Å². The Morgan fingerprint density at radius 2 is 1.13 bits per heavy atom. The molecule has 156 valence electrons. The van der Waals surface area contributed by atoms with Gasteiger partial charge in [0.25, 0.3) is 0 Å². The fraction of sp³-hybridized carbons (Fsp3) is 0.308. The van der Waals surface area contributed by atoms with E-state index in [1.807, 2.05) is 48.5 Å². The van der Waals surface area contributed by atoms with Gasteiger partial charge in [-0.05, 0) is 72.2 Å². The molecule has 0 radical (unpaired) electrons. The molecule has 3 aromatic rings. The molecule has 0 bridgehead atoms. The fourth-order valence-corrected chi connectivity index (χ4v) is 3.44. The van der Waals surface area contributed by atoms with Crippen LogP contribution >= 0.6 is 0 Å². The lowest BCUT2D eigenvalue weighted by atomic mass is 9.85. The second-order valence-corrected chi connectivity index (χ2v) is 7.79. The lowest BCUT2D eigenvalue weighted by molar-refractivity contribution is 0.376. The van der Waals surface area contributed by atoms with Crippen molar-refractivity contribution in [2.24, 2.45) is 22.1 Å². The second-order valence-electron chi connectivity index (χ2n) is 7.79. The molecule has 0 N–H and O–H groups in total. The number of rotatable bonds is 9. The molecule has 0 saturated heterocycles. The Balaban J connectivity index is 1.58. The van der Waals surface area contributed by atoms with Crippen LogP contribution in [-0.2, 0) is 12.8 Å². The summed E-state index contributed by atoms with van der Waals surface area (Å²) in [6, 6.07) is 24.2. The predicted octanol–water partition coefficient (Wildman–Crippen LogP) is 7.18. The van der Waals surface area contributed by atoms with E-state index in [1.54, 1.807) is 14.2 Å². The highest BCUT2D eigenvalue weighted by molar-refractivity contribution is 5.41. The Kier molecular flexibility index (Phi) is 7.61.